The predicted molar refractivity (Wildman–Crippen MR) is 95.6 cm³/mol. The second-order valence-corrected chi connectivity index (χ2v) is 6.04. The molecule has 0 unspecified atom stereocenters. The molecule has 0 atom stereocenters. The molecule has 0 saturated heterocycles. The summed E-state index contributed by atoms with van der Waals surface area (Å²) >= 11 is 0. The van der Waals surface area contributed by atoms with Gasteiger partial charge in [-0.3, -0.25) is 0 Å². The van der Waals surface area contributed by atoms with Gasteiger partial charge in [-0.25, -0.2) is 4.79 Å². The Kier molecular flexibility index (Phi) is 5.63. The maximum Gasteiger partial charge on any atom is 0.344 e. The minimum atomic E-state index is -0.502. The number of ether oxygens (including phenoxy) is 2. The Bertz CT molecular complexity index is 842. The molecule has 0 amide bonds. The molecule has 6 nitrogen and oxygen atoms in total. The van der Waals surface area contributed by atoms with Crippen LogP contribution in [-0.2, 0) is 16.1 Å². The van der Waals surface area contributed by atoms with E-state index in [1.807, 2.05) is 54.6 Å². The third-order valence-corrected chi connectivity index (χ3v) is 3.75. The number of esters is 1. The fourth-order valence-corrected chi connectivity index (χ4v) is 2.28. The minimum absolute atomic E-state index is 0.0890. The third-order valence-electron chi connectivity index (χ3n) is 3.75. The van der Waals surface area contributed by atoms with E-state index in [9.17, 15) is 4.79 Å². The van der Waals surface area contributed by atoms with Gasteiger partial charge in [-0.15, -0.1) is 10.2 Å². The smallest absolute Gasteiger partial charge is 0.344 e. The second-order valence-electron chi connectivity index (χ2n) is 6.04. The van der Waals surface area contributed by atoms with Crippen LogP contribution in [0.4, 0.5) is 0 Å². The van der Waals surface area contributed by atoms with Crippen molar-refractivity contribution in [2.24, 2.45) is 0 Å². The SMILES string of the molecule is CC(C)c1ccc(OCC(=O)OCc2nnc(-c3ccccc3)o2)cc1. The van der Waals surface area contributed by atoms with Crippen LogP contribution in [0.2, 0.25) is 0 Å². The van der Waals surface area contributed by atoms with Crippen LogP contribution in [-0.4, -0.2) is 22.8 Å². The van der Waals surface area contributed by atoms with Crippen LogP contribution in [0, 0.1) is 0 Å². The van der Waals surface area contributed by atoms with Gasteiger partial charge in [-0.1, -0.05) is 44.2 Å². The Labute approximate surface area is 151 Å². The molecular weight excluding hydrogens is 332 g/mol. The maximum absolute atomic E-state index is 11.8. The average Bonchev–Trinajstić information content (AvgIpc) is 3.15. The summed E-state index contributed by atoms with van der Waals surface area (Å²) in [4.78, 5) is 11.8. The molecule has 6 heteroatoms. The largest absolute Gasteiger partial charge is 0.482 e. The molecule has 0 fully saturated rings. The zero-order chi connectivity index (χ0) is 18.4. The van der Waals surface area contributed by atoms with Crippen molar-refractivity contribution in [3.05, 3.63) is 66.1 Å². The van der Waals surface area contributed by atoms with Gasteiger partial charge in [0, 0.05) is 5.56 Å². The van der Waals surface area contributed by atoms with Gasteiger partial charge in [-0.05, 0) is 35.7 Å². The summed E-state index contributed by atoms with van der Waals surface area (Å²) in [6.45, 7) is 3.97. The number of hydrogen-bond acceptors (Lipinski definition) is 6. The fraction of sp³-hybridized carbons (Fsp3) is 0.250. The lowest BCUT2D eigenvalue weighted by Gasteiger charge is -2.08. The Morgan fingerprint density at radius 2 is 1.77 bits per heavy atom. The highest BCUT2D eigenvalue weighted by Gasteiger charge is 2.11. The summed E-state index contributed by atoms with van der Waals surface area (Å²) in [5.74, 6) is 1.19. The highest BCUT2D eigenvalue weighted by Crippen LogP contribution is 2.19. The van der Waals surface area contributed by atoms with E-state index in [1.165, 1.54) is 5.56 Å². The van der Waals surface area contributed by atoms with E-state index >= 15 is 0 Å². The van der Waals surface area contributed by atoms with Crippen LogP contribution < -0.4 is 4.74 Å². The zero-order valence-corrected chi connectivity index (χ0v) is 14.7. The number of aromatic nitrogens is 2. The van der Waals surface area contributed by atoms with Crippen molar-refractivity contribution in [3.8, 4) is 17.2 Å². The Morgan fingerprint density at radius 3 is 2.46 bits per heavy atom. The lowest BCUT2D eigenvalue weighted by Crippen LogP contribution is -2.14. The summed E-state index contributed by atoms with van der Waals surface area (Å²) in [6, 6.07) is 17.0. The van der Waals surface area contributed by atoms with E-state index in [2.05, 4.69) is 24.0 Å². The Morgan fingerprint density at radius 1 is 1.04 bits per heavy atom. The molecule has 2 aromatic carbocycles. The van der Waals surface area contributed by atoms with Crippen LogP contribution in [0.25, 0.3) is 11.5 Å². The first-order valence-electron chi connectivity index (χ1n) is 8.38. The van der Waals surface area contributed by atoms with Gasteiger partial charge in [0.2, 0.25) is 5.89 Å². The number of carbonyl (C=O) groups excluding carboxylic acids is 1. The van der Waals surface area contributed by atoms with Gasteiger partial charge in [0.25, 0.3) is 5.89 Å². The number of carbonyl (C=O) groups is 1. The third kappa shape index (κ3) is 4.69. The van der Waals surface area contributed by atoms with Crippen molar-refractivity contribution in [1.29, 1.82) is 0 Å². The Hall–Kier alpha value is -3.15. The normalized spacial score (nSPS) is 10.7. The molecule has 3 aromatic rings. The van der Waals surface area contributed by atoms with Crippen LogP contribution in [0.5, 0.6) is 5.75 Å². The zero-order valence-electron chi connectivity index (χ0n) is 14.7. The first kappa shape index (κ1) is 17.7. The predicted octanol–water partition coefficient (Wildman–Crippen LogP) is 3.98. The first-order chi connectivity index (χ1) is 12.6. The monoisotopic (exact) mass is 352 g/mol. The number of benzene rings is 2. The topological polar surface area (TPSA) is 74.5 Å². The molecule has 0 radical (unpaired) electrons. The molecule has 1 heterocycles. The van der Waals surface area contributed by atoms with E-state index in [0.717, 1.165) is 5.56 Å². The van der Waals surface area contributed by atoms with Gasteiger partial charge in [0.1, 0.15) is 5.75 Å². The van der Waals surface area contributed by atoms with Crippen molar-refractivity contribution in [3.63, 3.8) is 0 Å². The summed E-state index contributed by atoms with van der Waals surface area (Å²) < 4.78 is 16.0. The van der Waals surface area contributed by atoms with E-state index in [-0.39, 0.29) is 19.1 Å². The first-order valence-corrected chi connectivity index (χ1v) is 8.38. The van der Waals surface area contributed by atoms with Gasteiger partial charge < -0.3 is 13.9 Å². The van der Waals surface area contributed by atoms with E-state index < -0.39 is 5.97 Å². The number of nitrogens with zero attached hydrogens (tertiary/aromatic N) is 2. The molecule has 0 aliphatic carbocycles. The summed E-state index contributed by atoms with van der Waals surface area (Å²) in [5, 5.41) is 7.82. The molecule has 0 bridgehead atoms. The molecule has 0 spiro atoms. The van der Waals surface area contributed by atoms with Crippen molar-refractivity contribution < 1.29 is 18.7 Å². The van der Waals surface area contributed by atoms with E-state index in [0.29, 0.717) is 17.6 Å². The molecule has 26 heavy (non-hydrogen) atoms. The molecule has 3 rings (SSSR count). The molecule has 1 aromatic heterocycles. The van der Waals surface area contributed by atoms with Crippen molar-refractivity contribution in [2.45, 2.75) is 26.4 Å². The van der Waals surface area contributed by atoms with Crippen molar-refractivity contribution in [2.75, 3.05) is 6.61 Å². The molecule has 0 N–H and O–H groups in total. The summed E-state index contributed by atoms with van der Waals surface area (Å²) in [6.07, 6.45) is 0. The second kappa shape index (κ2) is 8.29. The molecular formula is C20H20N2O4. The van der Waals surface area contributed by atoms with Gasteiger partial charge in [-0.2, -0.15) is 0 Å². The number of rotatable bonds is 7. The van der Waals surface area contributed by atoms with Crippen LogP contribution in [0.15, 0.2) is 59.0 Å². The van der Waals surface area contributed by atoms with Gasteiger partial charge in [0.15, 0.2) is 13.2 Å². The van der Waals surface area contributed by atoms with Gasteiger partial charge >= 0.3 is 5.97 Å². The van der Waals surface area contributed by atoms with Gasteiger partial charge in [0.05, 0.1) is 0 Å². The van der Waals surface area contributed by atoms with Crippen molar-refractivity contribution in [1.82, 2.24) is 10.2 Å². The van der Waals surface area contributed by atoms with E-state index in [4.69, 9.17) is 13.9 Å². The number of hydrogen-bond donors (Lipinski definition) is 0. The highest BCUT2D eigenvalue weighted by molar-refractivity contribution is 5.71. The van der Waals surface area contributed by atoms with Crippen LogP contribution in [0.1, 0.15) is 31.2 Å². The molecule has 0 saturated carbocycles. The lowest BCUT2D eigenvalue weighted by molar-refractivity contribution is -0.148. The standard InChI is InChI=1S/C20H20N2O4/c1-14(2)15-8-10-17(11-9-15)24-13-19(23)25-12-18-21-22-20(26-18)16-6-4-3-5-7-16/h3-11,14H,12-13H2,1-2H3. The summed E-state index contributed by atoms with van der Waals surface area (Å²) in [7, 11) is 0. The van der Waals surface area contributed by atoms with Crippen LogP contribution >= 0.6 is 0 Å². The average molecular weight is 352 g/mol. The Balaban J connectivity index is 1.46. The summed E-state index contributed by atoms with van der Waals surface area (Å²) in [5.41, 5.74) is 2.02. The molecule has 0 aliphatic heterocycles. The maximum atomic E-state index is 11.8. The lowest BCUT2D eigenvalue weighted by atomic mass is 10.0. The van der Waals surface area contributed by atoms with Crippen molar-refractivity contribution >= 4 is 5.97 Å². The molecule has 134 valence electrons. The highest BCUT2D eigenvalue weighted by atomic mass is 16.6. The molecule has 0 aliphatic rings. The minimum Gasteiger partial charge on any atom is -0.482 e. The quantitative estimate of drug-likeness (QED) is 0.599. The van der Waals surface area contributed by atoms with Crippen LogP contribution in [0.3, 0.4) is 0 Å². The fourth-order valence-electron chi connectivity index (χ4n) is 2.28. The van der Waals surface area contributed by atoms with E-state index in [1.54, 1.807) is 0 Å².